The summed E-state index contributed by atoms with van der Waals surface area (Å²) >= 11 is 0. The summed E-state index contributed by atoms with van der Waals surface area (Å²) in [4.78, 5) is 22.2. The molecular weight excluding hydrogens is 390 g/mol. The van der Waals surface area contributed by atoms with Gasteiger partial charge in [0.05, 0.1) is 11.9 Å². The van der Waals surface area contributed by atoms with E-state index in [4.69, 9.17) is 0 Å². The smallest absolute Gasteiger partial charge is 0.545 e. The molecule has 0 atom stereocenters. The number of hydrogen-bond acceptors (Lipinski definition) is 4. The van der Waals surface area contributed by atoms with Gasteiger partial charge in [-0.2, -0.15) is 0 Å². The van der Waals surface area contributed by atoms with Crippen molar-refractivity contribution in [1.29, 1.82) is 0 Å². The maximum Gasteiger partial charge on any atom is 1.00 e. The molecule has 0 saturated carbocycles. The molecule has 0 aliphatic heterocycles. The molecule has 0 saturated heterocycles. The Labute approximate surface area is 219 Å². The quantitative estimate of drug-likeness (QED) is 0.213. The van der Waals surface area contributed by atoms with E-state index in [1.807, 2.05) is 0 Å². The minimum Gasteiger partial charge on any atom is -0.545 e. The van der Waals surface area contributed by atoms with Gasteiger partial charge in [-0.15, -0.1) is 0 Å². The number of carbonyl (C=O) groups excluding carboxylic acids is 2. The van der Waals surface area contributed by atoms with Gasteiger partial charge in [-0.3, -0.25) is 0 Å². The van der Waals surface area contributed by atoms with Crippen LogP contribution in [0.15, 0.2) is 18.2 Å². The van der Waals surface area contributed by atoms with Crippen molar-refractivity contribution < 1.29 is 57.5 Å². The van der Waals surface area contributed by atoms with E-state index in [0.29, 0.717) is 12.0 Å². The standard InChI is InChI=1S/C26H42O4.2Li/c1-2-3-4-5-6-7-8-9-10-11-12-13-14-15-16-17-18-22-21-23(25(27)28)19-20-24(22)26(29)30;;/h19-21H,2-18H2,1H3,(H,27,28)(H,29,30);;/q;2*+1/p-2. The fourth-order valence-corrected chi connectivity index (χ4v) is 3.99. The molecule has 0 amide bonds. The van der Waals surface area contributed by atoms with Gasteiger partial charge in [-0.25, -0.2) is 0 Å². The SMILES string of the molecule is CCCCCCCCCCCCCCCCCCc1cc(C(=O)[O-])ccc1C(=O)[O-].[Li+].[Li+]. The molecule has 0 aliphatic carbocycles. The minimum atomic E-state index is -1.28. The number of carboxylic acid groups (broad SMARTS) is 2. The topological polar surface area (TPSA) is 80.3 Å². The molecule has 1 aromatic carbocycles. The van der Waals surface area contributed by atoms with Crippen molar-refractivity contribution in [3.63, 3.8) is 0 Å². The summed E-state index contributed by atoms with van der Waals surface area (Å²) in [7, 11) is 0. The second-order valence-corrected chi connectivity index (χ2v) is 8.50. The van der Waals surface area contributed by atoms with E-state index < -0.39 is 11.9 Å². The van der Waals surface area contributed by atoms with Gasteiger partial charge in [0.15, 0.2) is 0 Å². The van der Waals surface area contributed by atoms with Crippen molar-refractivity contribution in [1.82, 2.24) is 0 Å². The average Bonchev–Trinajstić information content (AvgIpc) is 2.73. The molecule has 0 unspecified atom stereocenters. The molecule has 1 aromatic rings. The Balaban J connectivity index is 0. The molecule has 0 N–H and O–H groups in total. The minimum absolute atomic E-state index is 0. The summed E-state index contributed by atoms with van der Waals surface area (Å²) in [6, 6.07) is 3.98. The number of aryl methyl sites for hydroxylation is 1. The van der Waals surface area contributed by atoms with Crippen molar-refractivity contribution in [2.24, 2.45) is 0 Å². The Morgan fingerprint density at radius 1 is 0.625 bits per heavy atom. The predicted molar refractivity (Wildman–Crippen MR) is 118 cm³/mol. The molecule has 0 fully saturated rings. The first-order valence-corrected chi connectivity index (χ1v) is 12.1. The first-order chi connectivity index (χ1) is 14.6. The molecule has 0 bridgehead atoms. The van der Waals surface area contributed by atoms with Gasteiger partial charge >= 0.3 is 37.7 Å². The van der Waals surface area contributed by atoms with Crippen LogP contribution in [0, 0.1) is 0 Å². The Morgan fingerprint density at radius 3 is 1.41 bits per heavy atom. The molecule has 32 heavy (non-hydrogen) atoms. The Hall–Kier alpha value is -0.645. The summed E-state index contributed by atoms with van der Waals surface area (Å²) < 4.78 is 0. The predicted octanol–water partition coefficient (Wildman–Crippen LogP) is -0.774. The summed E-state index contributed by atoms with van der Waals surface area (Å²) in [5.41, 5.74) is 0.634. The average molecular weight is 430 g/mol. The Kier molecular flexibility index (Phi) is 23.2. The molecule has 0 aliphatic rings. The van der Waals surface area contributed by atoms with Gasteiger partial charge in [0.2, 0.25) is 0 Å². The number of unbranched alkanes of at least 4 members (excludes halogenated alkanes) is 15. The molecule has 0 heterocycles. The molecule has 4 nitrogen and oxygen atoms in total. The zero-order chi connectivity index (χ0) is 22.0. The van der Waals surface area contributed by atoms with Crippen LogP contribution in [-0.2, 0) is 6.42 Å². The van der Waals surface area contributed by atoms with Crippen LogP contribution in [-0.4, -0.2) is 11.9 Å². The zero-order valence-electron chi connectivity index (χ0n) is 20.9. The summed E-state index contributed by atoms with van der Waals surface area (Å²) in [6.45, 7) is 2.26. The van der Waals surface area contributed by atoms with Crippen LogP contribution in [0.25, 0.3) is 0 Å². The number of benzene rings is 1. The second kappa shape index (κ2) is 22.2. The third-order valence-electron chi connectivity index (χ3n) is 5.86. The third-order valence-corrected chi connectivity index (χ3v) is 5.86. The number of hydrogen-bond donors (Lipinski definition) is 0. The van der Waals surface area contributed by atoms with Crippen LogP contribution in [0.2, 0.25) is 0 Å². The van der Waals surface area contributed by atoms with E-state index in [-0.39, 0.29) is 48.8 Å². The Bertz CT molecular complexity index is 620. The van der Waals surface area contributed by atoms with Gasteiger partial charge < -0.3 is 19.8 Å². The van der Waals surface area contributed by atoms with Crippen LogP contribution in [0.3, 0.4) is 0 Å². The van der Waals surface area contributed by atoms with Crippen molar-refractivity contribution in [3.8, 4) is 0 Å². The molecule has 170 valence electrons. The van der Waals surface area contributed by atoms with Crippen molar-refractivity contribution in [2.75, 3.05) is 0 Å². The molecule has 0 aromatic heterocycles. The first kappa shape index (κ1) is 33.5. The number of rotatable bonds is 19. The summed E-state index contributed by atoms with van der Waals surface area (Å²) in [5.74, 6) is -2.54. The first-order valence-electron chi connectivity index (χ1n) is 12.1. The summed E-state index contributed by atoms with van der Waals surface area (Å²) in [6.07, 6.45) is 21.1. The van der Waals surface area contributed by atoms with Crippen molar-refractivity contribution in [2.45, 2.75) is 116 Å². The fourth-order valence-electron chi connectivity index (χ4n) is 3.99. The number of aromatic carboxylic acids is 2. The van der Waals surface area contributed by atoms with Crippen LogP contribution < -0.4 is 47.9 Å². The van der Waals surface area contributed by atoms with E-state index in [1.54, 1.807) is 0 Å². The maximum atomic E-state index is 11.2. The normalized spacial score (nSPS) is 10.3. The van der Waals surface area contributed by atoms with Gasteiger partial charge in [-0.1, -0.05) is 115 Å². The second-order valence-electron chi connectivity index (χ2n) is 8.50. The third kappa shape index (κ3) is 16.0. The van der Waals surface area contributed by atoms with E-state index in [1.165, 1.54) is 102 Å². The van der Waals surface area contributed by atoms with Crippen LogP contribution in [0.5, 0.6) is 0 Å². The van der Waals surface area contributed by atoms with Crippen LogP contribution in [0.4, 0.5) is 0 Å². The van der Waals surface area contributed by atoms with Gasteiger partial charge in [0.1, 0.15) is 0 Å². The van der Waals surface area contributed by atoms with E-state index in [0.717, 1.165) is 19.3 Å². The van der Waals surface area contributed by atoms with Crippen molar-refractivity contribution >= 4 is 11.9 Å². The number of carbonyl (C=O) groups is 2. The molecule has 0 spiro atoms. The summed E-state index contributed by atoms with van der Waals surface area (Å²) in [5, 5.41) is 22.2. The molecule has 6 heteroatoms. The fraction of sp³-hybridized carbons (Fsp3) is 0.692. The van der Waals surface area contributed by atoms with Crippen molar-refractivity contribution in [3.05, 3.63) is 34.9 Å². The van der Waals surface area contributed by atoms with Gasteiger partial charge in [-0.05, 0) is 30.0 Å². The Morgan fingerprint density at radius 2 is 1.03 bits per heavy atom. The number of carboxylic acids is 2. The van der Waals surface area contributed by atoms with Crippen LogP contribution >= 0.6 is 0 Å². The maximum absolute atomic E-state index is 11.2. The molecular formula is C26H40Li2O4. The van der Waals surface area contributed by atoms with Gasteiger partial charge in [0, 0.05) is 5.56 Å². The van der Waals surface area contributed by atoms with Crippen LogP contribution in [0.1, 0.15) is 136 Å². The van der Waals surface area contributed by atoms with Gasteiger partial charge in [0.25, 0.3) is 0 Å². The van der Waals surface area contributed by atoms with E-state index >= 15 is 0 Å². The largest absolute Gasteiger partial charge is 1.00 e. The zero-order valence-corrected chi connectivity index (χ0v) is 20.9. The molecule has 1 rings (SSSR count). The van der Waals surface area contributed by atoms with E-state index in [9.17, 15) is 19.8 Å². The van der Waals surface area contributed by atoms with E-state index in [2.05, 4.69) is 6.92 Å². The monoisotopic (exact) mass is 430 g/mol. The molecule has 0 radical (unpaired) electrons.